The Kier molecular flexibility index (Phi) is 5.84. The molecule has 0 aromatic heterocycles. The zero-order valence-electron chi connectivity index (χ0n) is 15.4. The highest BCUT2D eigenvalue weighted by molar-refractivity contribution is 6.31. The summed E-state index contributed by atoms with van der Waals surface area (Å²) in [5, 5.41) is 0.893. The van der Waals surface area contributed by atoms with E-state index < -0.39 is 11.8 Å². The minimum atomic E-state index is -0.533. The van der Waals surface area contributed by atoms with Crippen molar-refractivity contribution < 1.29 is 18.7 Å². The summed E-state index contributed by atoms with van der Waals surface area (Å²) in [6.45, 7) is 0.00696. The van der Waals surface area contributed by atoms with Crippen LogP contribution in [0.2, 0.25) is 10.0 Å². The highest BCUT2D eigenvalue weighted by Gasteiger charge is 2.24. The Morgan fingerprint density at radius 1 is 1.00 bits per heavy atom. The number of cyclic esters (lactones) is 1. The number of hydrogen-bond donors (Lipinski definition) is 0. The van der Waals surface area contributed by atoms with E-state index in [0.29, 0.717) is 26.9 Å². The van der Waals surface area contributed by atoms with Crippen molar-refractivity contribution in [1.82, 2.24) is 0 Å². The highest BCUT2D eigenvalue weighted by Crippen LogP contribution is 2.24. The monoisotopic (exact) mass is 441 g/mol. The molecular weight excluding hydrogens is 428 g/mol. The van der Waals surface area contributed by atoms with Crippen LogP contribution in [0.3, 0.4) is 0 Å². The molecule has 4 rings (SSSR count). The van der Waals surface area contributed by atoms with Crippen molar-refractivity contribution in [3.8, 4) is 5.75 Å². The van der Waals surface area contributed by atoms with E-state index in [9.17, 15) is 9.18 Å². The van der Waals surface area contributed by atoms with Gasteiger partial charge in [-0.1, -0.05) is 41.4 Å². The molecule has 0 fully saturated rings. The van der Waals surface area contributed by atoms with E-state index in [-0.39, 0.29) is 18.2 Å². The molecule has 0 saturated heterocycles. The van der Waals surface area contributed by atoms with Crippen molar-refractivity contribution in [2.75, 3.05) is 0 Å². The fraction of sp³-hybridized carbons (Fsp3) is 0.0435. The molecule has 150 valence electrons. The molecule has 4 nitrogen and oxygen atoms in total. The van der Waals surface area contributed by atoms with Gasteiger partial charge in [-0.2, -0.15) is 0 Å². The van der Waals surface area contributed by atoms with Crippen LogP contribution in [-0.2, 0) is 16.1 Å². The molecule has 0 spiro atoms. The summed E-state index contributed by atoms with van der Waals surface area (Å²) in [6, 6.07) is 18.3. The van der Waals surface area contributed by atoms with Crippen LogP contribution in [-0.4, -0.2) is 11.9 Å². The lowest BCUT2D eigenvalue weighted by molar-refractivity contribution is -0.129. The molecule has 30 heavy (non-hydrogen) atoms. The van der Waals surface area contributed by atoms with E-state index in [2.05, 4.69) is 4.99 Å². The molecule has 3 aromatic rings. The maximum atomic E-state index is 13.8. The maximum Gasteiger partial charge on any atom is 0.363 e. The third-order valence-electron chi connectivity index (χ3n) is 4.34. The predicted octanol–water partition coefficient (Wildman–Crippen LogP) is 6.06. The topological polar surface area (TPSA) is 47.9 Å². The van der Waals surface area contributed by atoms with E-state index in [4.69, 9.17) is 32.7 Å². The van der Waals surface area contributed by atoms with Crippen LogP contribution in [0, 0.1) is 5.82 Å². The number of carbonyl (C=O) groups is 1. The summed E-state index contributed by atoms with van der Waals surface area (Å²) in [5.41, 5.74) is 1.88. The second-order valence-corrected chi connectivity index (χ2v) is 7.24. The van der Waals surface area contributed by atoms with Gasteiger partial charge >= 0.3 is 5.97 Å². The number of rotatable bonds is 5. The number of esters is 1. The molecule has 0 N–H and O–H groups in total. The third-order valence-corrected chi connectivity index (χ3v) is 4.95. The van der Waals surface area contributed by atoms with Gasteiger partial charge in [-0.15, -0.1) is 0 Å². The predicted molar refractivity (Wildman–Crippen MR) is 114 cm³/mol. The first-order valence-electron chi connectivity index (χ1n) is 8.94. The van der Waals surface area contributed by atoms with Crippen molar-refractivity contribution in [2.45, 2.75) is 6.61 Å². The second kappa shape index (κ2) is 8.69. The largest absolute Gasteiger partial charge is 0.489 e. The van der Waals surface area contributed by atoms with E-state index in [1.54, 1.807) is 66.7 Å². The van der Waals surface area contributed by atoms with Crippen LogP contribution in [0.1, 0.15) is 16.7 Å². The van der Waals surface area contributed by atoms with E-state index in [1.807, 2.05) is 0 Å². The SMILES string of the molecule is O=C1OC(c2ccc(Cl)cc2)=N/C1=C\c1ccc(OCc2c(F)cccc2Cl)cc1. The van der Waals surface area contributed by atoms with Crippen molar-refractivity contribution in [1.29, 1.82) is 0 Å². The molecule has 0 unspecified atom stereocenters. The number of benzene rings is 3. The van der Waals surface area contributed by atoms with E-state index in [0.717, 1.165) is 5.56 Å². The van der Waals surface area contributed by atoms with Gasteiger partial charge in [0.25, 0.3) is 0 Å². The van der Waals surface area contributed by atoms with Gasteiger partial charge in [0.1, 0.15) is 18.2 Å². The Morgan fingerprint density at radius 3 is 2.43 bits per heavy atom. The fourth-order valence-electron chi connectivity index (χ4n) is 2.77. The summed E-state index contributed by atoms with van der Waals surface area (Å²) in [4.78, 5) is 16.4. The minimum absolute atomic E-state index is 0.00696. The molecule has 0 atom stereocenters. The summed E-state index contributed by atoms with van der Waals surface area (Å²) < 4.78 is 24.7. The Bertz CT molecular complexity index is 1140. The van der Waals surface area contributed by atoms with Crippen LogP contribution in [0.15, 0.2) is 77.4 Å². The first-order chi connectivity index (χ1) is 14.5. The van der Waals surface area contributed by atoms with Crippen LogP contribution >= 0.6 is 23.2 Å². The lowest BCUT2D eigenvalue weighted by Crippen LogP contribution is -2.05. The number of halogens is 3. The molecular formula is C23H14Cl2FNO3. The van der Waals surface area contributed by atoms with Crippen LogP contribution in [0.5, 0.6) is 5.75 Å². The highest BCUT2D eigenvalue weighted by atomic mass is 35.5. The number of aliphatic imine (C=N–C) groups is 1. The van der Waals surface area contributed by atoms with Gasteiger partial charge in [-0.3, -0.25) is 0 Å². The number of carbonyl (C=O) groups excluding carboxylic acids is 1. The molecule has 0 amide bonds. The van der Waals surface area contributed by atoms with Crippen LogP contribution < -0.4 is 4.74 Å². The van der Waals surface area contributed by atoms with Crippen LogP contribution in [0.4, 0.5) is 4.39 Å². The standard InChI is InChI=1S/C23H14Cl2FNO3/c24-16-8-6-15(7-9-16)22-27-21(23(28)30-22)12-14-4-10-17(11-5-14)29-13-18-19(25)2-1-3-20(18)26/h1-12H,13H2/b21-12-. The molecule has 3 aromatic carbocycles. The third kappa shape index (κ3) is 4.53. The first kappa shape index (κ1) is 20.1. The average molecular weight is 442 g/mol. The fourth-order valence-corrected chi connectivity index (χ4v) is 3.11. The van der Waals surface area contributed by atoms with Gasteiger partial charge < -0.3 is 9.47 Å². The summed E-state index contributed by atoms with van der Waals surface area (Å²) >= 11 is 11.9. The van der Waals surface area contributed by atoms with Gasteiger partial charge in [0.2, 0.25) is 5.90 Å². The van der Waals surface area contributed by atoms with Gasteiger partial charge in [-0.05, 0) is 60.2 Å². The number of nitrogens with zero attached hydrogens (tertiary/aromatic N) is 1. The molecule has 1 heterocycles. The summed E-state index contributed by atoms with van der Waals surface area (Å²) in [5.74, 6) is -0.187. The quantitative estimate of drug-likeness (QED) is 0.357. The number of ether oxygens (including phenoxy) is 2. The van der Waals surface area contributed by atoms with E-state index >= 15 is 0 Å². The molecule has 0 bridgehead atoms. The smallest absolute Gasteiger partial charge is 0.363 e. The normalized spacial score (nSPS) is 14.6. The number of hydrogen-bond acceptors (Lipinski definition) is 4. The maximum absolute atomic E-state index is 13.8. The van der Waals surface area contributed by atoms with Gasteiger partial charge in [0.05, 0.1) is 5.02 Å². The molecule has 0 saturated carbocycles. The zero-order chi connectivity index (χ0) is 21.1. The Labute approximate surface area is 182 Å². The lowest BCUT2D eigenvalue weighted by atomic mass is 10.2. The first-order valence-corrected chi connectivity index (χ1v) is 9.69. The lowest BCUT2D eigenvalue weighted by Gasteiger charge is -2.09. The Balaban J connectivity index is 1.47. The molecule has 1 aliphatic heterocycles. The average Bonchev–Trinajstić information content (AvgIpc) is 3.09. The van der Waals surface area contributed by atoms with Crippen molar-refractivity contribution in [3.05, 3.63) is 105 Å². The molecule has 0 radical (unpaired) electrons. The zero-order valence-corrected chi connectivity index (χ0v) is 17.0. The Hall–Kier alpha value is -3.15. The molecule has 0 aliphatic carbocycles. The van der Waals surface area contributed by atoms with E-state index in [1.165, 1.54) is 6.07 Å². The summed E-state index contributed by atoms with van der Waals surface area (Å²) in [6.07, 6.45) is 1.61. The molecule has 7 heteroatoms. The van der Waals surface area contributed by atoms with Crippen LogP contribution in [0.25, 0.3) is 6.08 Å². The van der Waals surface area contributed by atoms with Crippen molar-refractivity contribution in [2.24, 2.45) is 4.99 Å². The van der Waals surface area contributed by atoms with Gasteiger partial charge in [-0.25, -0.2) is 14.2 Å². The minimum Gasteiger partial charge on any atom is -0.489 e. The van der Waals surface area contributed by atoms with Gasteiger partial charge in [0, 0.05) is 16.1 Å². The second-order valence-electron chi connectivity index (χ2n) is 6.40. The molecule has 1 aliphatic rings. The Morgan fingerprint density at radius 2 is 1.73 bits per heavy atom. The van der Waals surface area contributed by atoms with Gasteiger partial charge in [0.15, 0.2) is 5.70 Å². The summed E-state index contributed by atoms with van der Waals surface area (Å²) in [7, 11) is 0. The van der Waals surface area contributed by atoms with Crippen molar-refractivity contribution in [3.63, 3.8) is 0 Å². The van der Waals surface area contributed by atoms with Crippen molar-refractivity contribution >= 4 is 41.1 Å².